The summed E-state index contributed by atoms with van der Waals surface area (Å²) >= 11 is 0. The second-order valence-electron chi connectivity index (χ2n) is 6.36. The van der Waals surface area contributed by atoms with Gasteiger partial charge in [-0.1, -0.05) is 30.3 Å². The topological polar surface area (TPSA) is 57.4 Å². The van der Waals surface area contributed by atoms with Gasteiger partial charge in [0.2, 0.25) is 0 Å². The molecule has 0 bridgehead atoms. The van der Waals surface area contributed by atoms with E-state index in [4.69, 9.17) is 4.74 Å². The van der Waals surface area contributed by atoms with Crippen LogP contribution in [0, 0.1) is 0 Å². The average Bonchev–Trinajstić information content (AvgIpc) is 3.29. The van der Waals surface area contributed by atoms with Crippen molar-refractivity contribution in [2.24, 2.45) is 0 Å². The molecule has 5 nitrogen and oxygen atoms in total. The van der Waals surface area contributed by atoms with Crippen LogP contribution in [0.15, 0.2) is 42.6 Å². The molecule has 5 heteroatoms. The monoisotopic (exact) mass is 327 g/mol. The van der Waals surface area contributed by atoms with Gasteiger partial charge < -0.3 is 15.0 Å². The van der Waals surface area contributed by atoms with Gasteiger partial charge in [-0.15, -0.1) is 0 Å². The second-order valence-corrected chi connectivity index (χ2v) is 6.36. The number of ether oxygens (including phenoxy) is 1. The van der Waals surface area contributed by atoms with Gasteiger partial charge in [0.05, 0.1) is 7.11 Å². The Bertz CT molecular complexity index is 668. The van der Waals surface area contributed by atoms with Crippen LogP contribution in [0.5, 0.6) is 0 Å². The molecular formula is C19H25N3O2. The van der Waals surface area contributed by atoms with E-state index < -0.39 is 0 Å². The van der Waals surface area contributed by atoms with Crippen LogP contribution in [-0.2, 0) is 11.3 Å². The Labute approximate surface area is 143 Å². The molecule has 0 aliphatic carbocycles. The van der Waals surface area contributed by atoms with Gasteiger partial charge in [0.1, 0.15) is 5.69 Å². The molecule has 1 aliphatic heterocycles. The van der Waals surface area contributed by atoms with Gasteiger partial charge >= 0.3 is 5.97 Å². The van der Waals surface area contributed by atoms with Crippen LogP contribution in [0.4, 0.5) is 0 Å². The minimum atomic E-state index is -0.329. The summed E-state index contributed by atoms with van der Waals surface area (Å²) in [6, 6.07) is 13.4. The molecule has 1 fully saturated rings. The number of benzene rings is 1. The first kappa shape index (κ1) is 16.7. The molecule has 3 rings (SSSR count). The zero-order valence-corrected chi connectivity index (χ0v) is 14.3. The average molecular weight is 327 g/mol. The maximum absolute atomic E-state index is 11.5. The first-order valence-corrected chi connectivity index (χ1v) is 8.45. The minimum absolute atomic E-state index is 0.329. The van der Waals surface area contributed by atoms with E-state index >= 15 is 0 Å². The highest BCUT2D eigenvalue weighted by atomic mass is 16.5. The van der Waals surface area contributed by atoms with E-state index in [9.17, 15) is 4.79 Å². The molecule has 0 unspecified atom stereocenters. The largest absolute Gasteiger partial charge is 0.464 e. The summed E-state index contributed by atoms with van der Waals surface area (Å²) in [6.45, 7) is 5.18. The molecule has 2 N–H and O–H groups in total. The highest BCUT2D eigenvalue weighted by Gasteiger charge is 2.26. The molecule has 1 aromatic carbocycles. The van der Waals surface area contributed by atoms with Crippen molar-refractivity contribution in [3.05, 3.63) is 59.4 Å². The van der Waals surface area contributed by atoms with Crippen molar-refractivity contribution in [3.63, 3.8) is 0 Å². The molecule has 0 radical (unpaired) electrons. The van der Waals surface area contributed by atoms with Crippen LogP contribution in [0.3, 0.4) is 0 Å². The molecule has 2 atom stereocenters. The lowest BCUT2D eigenvalue weighted by Gasteiger charge is -2.24. The summed E-state index contributed by atoms with van der Waals surface area (Å²) in [7, 11) is 1.39. The quantitative estimate of drug-likeness (QED) is 0.801. The number of hydrogen-bond acceptors (Lipinski definition) is 4. The van der Waals surface area contributed by atoms with Crippen LogP contribution in [0.2, 0.25) is 0 Å². The van der Waals surface area contributed by atoms with E-state index in [1.807, 2.05) is 12.3 Å². The summed E-state index contributed by atoms with van der Waals surface area (Å²) in [5.74, 6) is -0.329. The van der Waals surface area contributed by atoms with E-state index in [0.717, 1.165) is 31.6 Å². The molecule has 0 spiro atoms. The van der Waals surface area contributed by atoms with Gasteiger partial charge in [0.15, 0.2) is 0 Å². The Kier molecular flexibility index (Phi) is 5.33. The van der Waals surface area contributed by atoms with Gasteiger partial charge in [0, 0.05) is 37.9 Å². The Hall–Kier alpha value is -2.11. The fraction of sp³-hybridized carbons (Fsp3) is 0.421. The lowest BCUT2D eigenvalue weighted by atomic mass is 10.1. The number of nitrogens with one attached hydrogen (secondary N) is 2. The number of likely N-dealkylation sites (tertiary alicyclic amines) is 1. The number of rotatable bonds is 6. The first-order chi connectivity index (χ1) is 11.7. The number of esters is 1. The first-order valence-electron chi connectivity index (χ1n) is 8.45. The van der Waals surface area contributed by atoms with E-state index in [0.29, 0.717) is 17.8 Å². The molecule has 128 valence electrons. The summed E-state index contributed by atoms with van der Waals surface area (Å²) in [5.41, 5.74) is 2.94. The summed E-state index contributed by atoms with van der Waals surface area (Å²) in [6.07, 6.45) is 3.00. The standard InChI is InChI=1S/C19H25N3O2/c1-14(16-6-4-3-5-7-16)22-9-8-17(13-22)20-11-15-10-18(21-12-15)19(23)24-2/h3-7,10,12,14,17,20-21H,8-9,11,13H2,1-2H3/t14-,17-/m0/s1. The highest BCUT2D eigenvalue weighted by molar-refractivity contribution is 5.87. The van der Waals surface area contributed by atoms with Gasteiger partial charge in [-0.2, -0.15) is 0 Å². The van der Waals surface area contributed by atoms with E-state index in [2.05, 4.69) is 52.5 Å². The smallest absolute Gasteiger partial charge is 0.354 e. The molecule has 1 saturated heterocycles. The number of methoxy groups -OCH3 is 1. The van der Waals surface area contributed by atoms with Crippen molar-refractivity contribution in [2.75, 3.05) is 20.2 Å². The number of aromatic nitrogens is 1. The molecule has 2 aromatic rings. The summed E-state index contributed by atoms with van der Waals surface area (Å²) in [4.78, 5) is 16.9. The normalized spacial score (nSPS) is 19.3. The lowest BCUT2D eigenvalue weighted by molar-refractivity contribution is 0.0595. The Morgan fingerprint density at radius 1 is 1.42 bits per heavy atom. The number of nitrogens with zero attached hydrogens (tertiary/aromatic N) is 1. The second kappa shape index (κ2) is 7.64. The Morgan fingerprint density at radius 3 is 2.96 bits per heavy atom. The van der Waals surface area contributed by atoms with Crippen molar-refractivity contribution < 1.29 is 9.53 Å². The van der Waals surface area contributed by atoms with E-state index in [1.54, 1.807) is 0 Å². The van der Waals surface area contributed by atoms with Crippen LogP contribution in [-0.4, -0.2) is 42.1 Å². The SMILES string of the molecule is COC(=O)c1cc(CN[C@H]2CCN([C@@H](C)c3ccccc3)C2)c[nH]1. The van der Waals surface area contributed by atoms with Gasteiger partial charge in [0.25, 0.3) is 0 Å². The van der Waals surface area contributed by atoms with Crippen molar-refractivity contribution in [3.8, 4) is 0 Å². The Morgan fingerprint density at radius 2 is 2.21 bits per heavy atom. The predicted molar refractivity (Wildman–Crippen MR) is 93.8 cm³/mol. The van der Waals surface area contributed by atoms with Crippen molar-refractivity contribution in [1.29, 1.82) is 0 Å². The molecule has 24 heavy (non-hydrogen) atoms. The predicted octanol–water partition coefficient (Wildman–Crippen LogP) is 2.73. The minimum Gasteiger partial charge on any atom is -0.464 e. The highest BCUT2D eigenvalue weighted by Crippen LogP contribution is 2.24. The zero-order chi connectivity index (χ0) is 16.9. The van der Waals surface area contributed by atoms with E-state index in [1.165, 1.54) is 12.7 Å². The number of carbonyl (C=O) groups excluding carboxylic acids is 1. The molecule has 2 heterocycles. The number of hydrogen-bond donors (Lipinski definition) is 2. The van der Waals surface area contributed by atoms with Gasteiger partial charge in [-0.25, -0.2) is 4.79 Å². The maximum atomic E-state index is 11.5. The fourth-order valence-corrected chi connectivity index (χ4v) is 3.28. The third kappa shape index (κ3) is 3.86. The number of H-pyrrole nitrogens is 1. The van der Waals surface area contributed by atoms with Crippen LogP contribution >= 0.6 is 0 Å². The van der Waals surface area contributed by atoms with Crippen molar-refractivity contribution in [1.82, 2.24) is 15.2 Å². The van der Waals surface area contributed by atoms with E-state index in [-0.39, 0.29) is 5.97 Å². The summed E-state index contributed by atoms with van der Waals surface area (Å²) in [5, 5.41) is 3.59. The number of aromatic amines is 1. The molecule has 1 aliphatic rings. The lowest BCUT2D eigenvalue weighted by Crippen LogP contribution is -2.33. The van der Waals surface area contributed by atoms with Gasteiger partial charge in [-0.05, 0) is 30.5 Å². The fourth-order valence-electron chi connectivity index (χ4n) is 3.28. The van der Waals surface area contributed by atoms with Crippen molar-refractivity contribution >= 4 is 5.97 Å². The van der Waals surface area contributed by atoms with Crippen LogP contribution < -0.4 is 5.32 Å². The third-order valence-electron chi connectivity index (χ3n) is 4.79. The van der Waals surface area contributed by atoms with Crippen LogP contribution in [0.25, 0.3) is 0 Å². The summed E-state index contributed by atoms with van der Waals surface area (Å²) < 4.78 is 4.71. The van der Waals surface area contributed by atoms with Gasteiger partial charge in [-0.3, -0.25) is 4.90 Å². The molecule has 0 amide bonds. The maximum Gasteiger partial charge on any atom is 0.354 e. The van der Waals surface area contributed by atoms with Crippen molar-refractivity contribution in [2.45, 2.75) is 32.0 Å². The Balaban J connectivity index is 1.49. The molecule has 0 saturated carbocycles. The molecule has 1 aromatic heterocycles. The zero-order valence-electron chi connectivity index (χ0n) is 14.3. The van der Waals surface area contributed by atoms with Crippen LogP contribution in [0.1, 0.15) is 41.0 Å². The number of carbonyl (C=O) groups is 1. The molecular weight excluding hydrogens is 302 g/mol. The third-order valence-corrected chi connectivity index (χ3v) is 4.79.